The quantitative estimate of drug-likeness (QED) is 0.779. The van der Waals surface area contributed by atoms with Crippen LogP contribution in [0.4, 0.5) is 5.95 Å². The van der Waals surface area contributed by atoms with Crippen molar-refractivity contribution >= 4 is 23.5 Å². The number of nitrogens with zero attached hydrogens (tertiary/aromatic N) is 5. The Morgan fingerprint density at radius 1 is 1.23 bits per heavy atom. The fraction of sp³-hybridized carbons (Fsp3) is 0.143. The van der Waals surface area contributed by atoms with E-state index < -0.39 is 5.91 Å². The SMILES string of the molecule is Cc1nn(C)c(Cl)c1C(=O)n1nc(-c2ccccc2)nc1N. The first kappa shape index (κ1) is 14.3. The van der Waals surface area contributed by atoms with Crippen molar-refractivity contribution in [1.82, 2.24) is 24.5 Å². The number of anilines is 1. The van der Waals surface area contributed by atoms with Crippen LogP contribution in [0.3, 0.4) is 0 Å². The number of benzene rings is 1. The van der Waals surface area contributed by atoms with Gasteiger partial charge in [0.1, 0.15) is 10.7 Å². The first-order chi connectivity index (χ1) is 10.5. The Balaban J connectivity index is 2.06. The van der Waals surface area contributed by atoms with Crippen molar-refractivity contribution in [2.45, 2.75) is 6.92 Å². The number of aromatic nitrogens is 5. The van der Waals surface area contributed by atoms with E-state index in [1.54, 1.807) is 14.0 Å². The van der Waals surface area contributed by atoms with Crippen LogP contribution in [0.25, 0.3) is 11.4 Å². The molecule has 8 heteroatoms. The number of hydrogen-bond donors (Lipinski definition) is 1. The number of nitrogen functional groups attached to an aromatic ring is 1. The molecular weight excluding hydrogens is 304 g/mol. The Labute approximate surface area is 131 Å². The molecular formula is C14H13ClN6O. The van der Waals surface area contributed by atoms with Gasteiger partial charge in [-0.2, -0.15) is 14.8 Å². The minimum absolute atomic E-state index is 0.00294. The van der Waals surface area contributed by atoms with Gasteiger partial charge in [0.25, 0.3) is 5.91 Å². The smallest absolute Gasteiger partial charge is 0.286 e. The zero-order chi connectivity index (χ0) is 15.9. The first-order valence-corrected chi connectivity index (χ1v) is 6.88. The summed E-state index contributed by atoms with van der Waals surface area (Å²) < 4.78 is 2.47. The molecule has 0 amide bonds. The Morgan fingerprint density at radius 3 is 2.50 bits per heavy atom. The summed E-state index contributed by atoms with van der Waals surface area (Å²) in [4.78, 5) is 16.7. The molecule has 0 aliphatic rings. The molecule has 3 aromatic rings. The lowest BCUT2D eigenvalue weighted by molar-refractivity contribution is 0.0947. The average Bonchev–Trinajstić information content (AvgIpc) is 3.00. The molecule has 0 spiro atoms. The van der Waals surface area contributed by atoms with Crippen molar-refractivity contribution in [2.75, 3.05) is 5.73 Å². The zero-order valence-electron chi connectivity index (χ0n) is 12.0. The number of carbonyl (C=O) groups excluding carboxylic acids is 1. The number of hydrogen-bond acceptors (Lipinski definition) is 5. The third kappa shape index (κ3) is 2.25. The lowest BCUT2D eigenvalue weighted by Gasteiger charge is -2.01. The maximum Gasteiger partial charge on any atom is 0.286 e. The van der Waals surface area contributed by atoms with Crippen LogP contribution < -0.4 is 5.73 Å². The molecule has 2 heterocycles. The number of nitrogens with two attached hydrogens (primary N) is 1. The molecule has 0 saturated carbocycles. The van der Waals surface area contributed by atoms with Gasteiger partial charge < -0.3 is 5.73 Å². The maximum absolute atomic E-state index is 12.6. The molecule has 3 rings (SSSR count). The molecule has 0 bridgehead atoms. The van der Waals surface area contributed by atoms with Crippen molar-refractivity contribution in [3.63, 3.8) is 0 Å². The molecule has 1 aromatic carbocycles. The summed E-state index contributed by atoms with van der Waals surface area (Å²) in [6.07, 6.45) is 0. The van der Waals surface area contributed by atoms with Crippen LogP contribution in [0, 0.1) is 6.92 Å². The first-order valence-electron chi connectivity index (χ1n) is 6.50. The molecule has 0 aliphatic carbocycles. The van der Waals surface area contributed by atoms with E-state index in [4.69, 9.17) is 17.3 Å². The van der Waals surface area contributed by atoms with E-state index in [-0.39, 0.29) is 16.7 Å². The molecule has 0 unspecified atom stereocenters. The highest BCUT2D eigenvalue weighted by Gasteiger charge is 2.24. The van der Waals surface area contributed by atoms with Gasteiger partial charge >= 0.3 is 0 Å². The molecule has 0 fully saturated rings. The van der Waals surface area contributed by atoms with Gasteiger partial charge in [-0.3, -0.25) is 9.48 Å². The van der Waals surface area contributed by atoms with Crippen LogP contribution in [0.2, 0.25) is 5.15 Å². The van der Waals surface area contributed by atoms with Gasteiger partial charge in [0.2, 0.25) is 5.95 Å². The zero-order valence-corrected chi connectivity index (χ0v) is 12.7. The van der Waals surface area contributed by atoms with Gasteiger partial charge in [0.05, 0.1) is 5.69 Å². The lowest BCUT2D eigenvalue weighted by atomic mass is 10.2. The lowest BCUT2D eigenvalue weighted by Crippen LogP contribution is -2.17. The molecule has 2 aromatic heterocycles. The molecule has 0 atom stereocenters. The normalized spacial score (nSPS) is 10.9. The second-order valence-electron chi connectivity index (χ2n) is 4.75. The van der Waals surface area contributed by atoms with Gasteiger partial charge in [-0.25, -0.2) is 0 Å². The predicted octanol–water partition coefficient (Wildman–Crippen LogP) is 1.91. The fourth-order valence-corrected chi connectivity index (χ4v) is 2.42. The minimum atomic E-state index is -0.456. The van der Waals surface area contributed by atoms with E-state index >= 15 is 0 Å². The molecule has 2 N–H and O–H groups in total. The summed E-state index contributed by atoms with van der Waals surface area (Å²) in [5, 5.41) is 8.53. The van der Waals surface area contributed by atoms with Crippen molar-refractivity contribution < 1.29 is 4.79 Å². The summed E-state index contributed by atoms with van der Waals surface area (Å²) in [5.41, 5.74) is 7.37. The Kier molecular flexibility index (Phi) is 3.42. The Morgan fingerprint density at radius 2 is 1.91 bits per heavy atom. The maximum atomic E-state index is 12.6. The Bertz CT molecular complexity index is 852. The molecule has 112 valence electrons. The van der Waals surface area contributed by atoms with Crippen molar-refractivity contribution in [3.8, 4) is 11.4 Å². The van der Waals surface area contributed by atoms with Gasteiger partial charge in [0, 0.05) is 12.6 Å². The predicted molar refractivity (Wildman–Crippen MR) is 82.6 cm³/mol. The van der Waals surface area contributed by atoms with Crippen molar-refractivity contribution in [2.24, 2.45) is 7.05 Å². The third-order valence-corrected chi connectivity index (χ3v) is 3.66. The van der Waals surface area contributed by atoms with Crippen LogP contribution in [0.1, 0.15) is 16.1 Å². The van der Waals surface area contributed by atoms with Crippen molar-refractivity contribution in [1.29, 1.82) is 0 Å². The van der Waals surface area contributed by atoms with E-state index in [0.29, 0.717) is 11.5 Å². The summed E-state index contributed by atoms with van der Waals surface area (Å²) in [6, 6.07) is 9.28. The number of aryl methyl sites for hydroxylation is 2. The van der Waals surface area contributed by atoms with E-state index in [0.717, 1.165) is 10.2 Å². The molecule has 0 radical (unpaired) electrons. The summed E-state index contributed by atoms with van der Waals surface area (Å²) in [6.45, 7) is 1.70. The topological polar surface area (TPSA) is 91.6 Å². The average molecular weight is 317 g/mol. The third-order valence-electron chi connectivity index (χ3n) is 3.22. The van der Waals surface area contributed by atoms with E-state index in [1.807, 2.05) is 30.3 Å². The second kappa shape index (κ2) is 5.27. The monoisotopic (exact) mass is 316 g/mol. The number of halogens is 1. The number of rotatable bonds is 2. The van der Waals surface area contributed by atoms with Crippen LogP contribution >= 0.6 is 11.6 Å². The van der Waals surface area contributed by atoms with E-state index in [2.05, 4.69) is 15.2 Å². The number of carbonyl (C=O) groups is 1. The van der Waals surface area contributed by atoms with E-state index in [9.17, 15) is 4.79 Å². The van der Waals surface area contributed by atoms with Crippen LogP contribution in [0.5, 0.6) is 0 Å². The van der Waals surface area contributed by atoms with Crippen LogP contribution in [-0.2, 0) is 7.05 Å². The Hall–Kier alpha value is -2.67. The summed E-state index contributed by atoms with van der Waals surface area (Å²) >= 11 is 6.11. The highest BCUT2D eigenvalue weighted by atomic mass is 35.5. The molecule has 7 nitrogen and oxygen atoms in total. The van der Waals surface area contributed by atoms with Gasteiger partial charge in [0.15, 0.2) is 5.82 Å². The highest BCUT2D eigenvalue weighted by molar-refractivity contribution is 6.33. The highest BCUT2D eigenvalue weighted by Crippen LogP contribution is 2.22. The van der Waals surface area contributed by atoms with Gasteiger partial charge in [-0.1, -0.05) is 41.9 Å². The van der Waals surface area contributed by atoms with Crippen molar-refractivity contribution in [3.05, 3.63) is 46.7 Å². The summed E-state index contributed by atoms with van der Waals surface area (Å²) in [7, 11) is 1.66. The standard InChI is InChI=1S/C14H13ClN6O/c1-8-10(11(15)20(2)18-8)13(22)21-14(16)17-12(19-21)9-6-4-3-5-7-9/h3-7H,1-2H3,(H2,16,17,19). The van der Waals surface area contributed by atoms with Crippen LogP contribution in [0.15, 0.2) is 30.3 Å². The second-order valence-corrected chi connectivity index (χ2v) is 5.11. The largest absolute Gasteiger partial charge is 0.368 e. The van der Waals surface area contributed by atoms with Gasteiger partial charge in [-0.05, 0) is 6.92 Å². The molecule has 0 aliphatic heterocycles. The van der Waals surface area contributed by atoms with Crippen LogP contribution in [-0.4, -0.2) is 30.5 Å². The molecule has 0 saturated heterocycles. The molecule has 22 heavy (non-hydrogen) atoms. The van der Waals surface area contributed by atoms with Gasteiger partial charge in [-0.15, -0.1) is 5.10 Å². The van der Waals surface area contributed by atoms with E-state index in [1.165, 1.54) is 4.68 Å². The fourth-order valence-electron chi connectivity index (χ4n) is 2.16. The summed E-state index contributed by atoms with van der Waals surface area (Å²) in [5.74, 6) is -0.0740. The minimum Gasteiger partial charge on any atom is -0.368 e.